The average molecular weight is 361 g/mol. The van der Waals surface area contributed by atoms with E-state index in [-0.39, 0.29) is 0 Å². The molecule has 0 radical (unpaired) electrons. The predicted octanol–water partition coefficient (Wildman–Crippen LogP) is 4.59. The van der Waals surface area contributed by atoms with Crippen LogP contribution in [0.3, 0.4) is 0 Å². The van der Waals surface area contributed by atoms with Crippen molar-refractivity contribution in [3.05, 3.63) is 34.3 Å². The minimum Gasteiger partial charge on any atom is -0.296 e. The summed E-state index contributed by atoms with van der Waals surface area (Å²) in [6, 6.07) is 9.50. The van der Waals surface area contributed by atoms with E-state index >= 15 is 0 Å². The van der Waals surface area contributed by atoms with E-state index in [1.165, 1.54) is 37.8 Å². The molecule has 1 saturated heterocycles. The maximum Gasteiger partial charge on any atom is 0.0236 e. The van der Waals surface area contributed by atoms with Crippen LogP contribution in [-0.2, 0) is 6.54 Å². The van der Waals surface area contributed by atoms with Gasteiger partial charge in [0.05, 0.1) is 0 Å². The first-order chi connectivity index (χ1) is 8.29. The van der Waals surface area contributed by atoms with Gasteiger partial charge in [-0.3, -0.25) is 4.90 Å². The number of hydrogen-bond acceptors (Lipinski definition) is 1. The van der Waals surface area contributed by atoms with Crippen molar-refractivity contribution in [2.24, 2.45) is 0 Å². The smallest absolute Gasteiger partial charge is 0.0236 e. The van der Waals surface area contributed by atoms with Crippen LogP contribution in [0.2, 0.25) is 0 Å². The topological polar surface area (TPSA) is 3.24 Å². The number of benzene rings is 1. The fourth-order valence-electron chi connectivity index (χ4n) is 2.55. The highest BCUT2D eigenvalue weighted by molar-refractivity contribution is 9.10. The Morgan fingerprint density at radius 1 is 1.18 bits per heavy atom. The second-order valence-electron chi connectivity index (χ2n) is 4.72. The zero-order valence-corrected chi connectivity index (χ0v) is 13.2. The summed E-state index contributed by atoms with van der Waals surface area (Å²) in [6.07, 6.45) is 5.39. The monoisotopic (exact) mass is 359 g/mol. The molecule has 0 N–H and O–H groups in total. The zero-order valence-electron chi connectivity index (χ0n) is 10.0. The Hall–Kier alpha value is 0.140. The molecule has 0 aromatic heterocycles. The molecule has 1 aromatic rings. The van der Waals surface area contributed by atoms with Crippen molar-refractivity contribution in [1.82, 2.24) is 4.90 Å². The molecule has 1 aromatic carbocycles. The number of hydrogen-bond donors (Lipinski definition) is 0. The van der Waals surface area contributed by atoms with Crippen LogP contribution >= 0.6 is 31.9 Å². The molecule has 1 unspecified atom stereocenters. The third kappa shape index (κ3) is 4.08. The Morgan fingerprint density at radius 2 is 1.94 bits per heavy atom. The lowest BCUT2D eigenvalue weighted by atomic mass is 9.99. The lowest BCUT2D eigenvalue weighted by Gasteiger charge is -2.35. The first-order valence-corrected chi connectivity index (χ1v) is 8.25. The van der Waals surface area contributed by atoms with Crippen molar-refractivity contribution in [3.8, 4) is 0 Å². The first-order valence-electron chi connectivity index (χ1n) is 6.34. The quantitative estimate of drug-likeness (QED) is 0.710. The normalized spacial score (nSPS) is 21.6. The molecule has 0 spiro atoms. The van der Waals surface area contributed by atoms with Gasteiger partial charge in [0.1, 0.15) is 0 Å². The SMILES string of the molecule is BrCCC1CCCCN1Cc1ccc(Br)cc1. The van der Waals surface area contributed by atoms with E-state index in [1.807, 2.05) is 0 Å². The lowest BCUT2D eigenvalue weighted by Crippen LogP contribution is -2.39. The van der Waals surface area contributed by atoms with Crippen LogP contribution in [0.5, 0.6) is 0 Å². The largest absolute Gasteiger partial charge is 0.296 e. The molecule has 2 rings (SSSR count). The highest BCUT2D eigenvalue weighted by Gasteiger charge is 2.21. The van der Waals surface area contributed by atoms with Crippen LogP contribution < -0.4 is 0 Å². The predicted molar refractivity (Wildman–Crippen MR) is 80.6 cm³/mol. The average Bonchev–Trinajstić information content (AvgIpc) is 2.35. The molecule has 1 heterocycles. The Bertz CT molecular complexity index is 335. The minimum atomic E-state index is 0.770. The van der Waals surface area contributed by atoms with Gasteiger partial charge in [-0.25, -0.2) is 0 Å². The van der Waals surface area contributed by atoms with Crippen LogP contribution in [0, 0.1) is 0 Å². The molecule has 94 valence electrons. The van der Waals surface area contributed by atoms with Crippen molar-refractivity contribution in [3.63, 3.8) is 0 Å². The van der Waals surface area contributed by atoms with Gasteiger partial charge in [-0.1, -0.05) is 50.4 Å². The van der Waals surface area contributed by atoms with Gasteiger partial charge in [-0.2, -0.15) is 0 Å². The van der Waals surface area contributed by atoms with Gasteiger partial charge in [0.2, 0.25) is 0 Å². The number of likely N-dealkylation sites (tertiary alicyclic amines) is 1. The molecular formula is C14H19Br2N. The highest BCUT2D eigenvalue weighted by Crippen LogP contribution is 2.23. The van der Waals surface area contributed by atoms with E-state index in [0.29, 0.717) is 0 Å². The van der Waals surface area contributed by atoms with E-state index in [4.69, 9.17) is 0 Å². The molecule has 17 heavy (non-hydrogen) atoms. The minimum absolute atomic E-state index is 0.770. The van der Waals surface area contributed by atoms with Gasteiger partial charge in [-0.05, 0) is 43.5 Å². The van der Waals surface area contributed by atoms with Gasteiger partial charge in [0.15, 0.2) is 0 Å². The molecule has 1 atom stereocenters. The Balaban J connectivity index is 1.97. The molecule has 1 aliphatic rings. The van der Waals surface area contributed by atoms with E-state index in [2.05, 4.69) is 61.0 Å². The Morgan fingerprint density at radius 3 is 2.65 bits per heavy atom. The molecule has 1 fully saturated rings. The molecule has 3 heteroatoms. The summed E-state index contributed by atoms with van der Waals surface area (Å²) in [5.74, 6) is 0. The van der Waals surface area contributed by atoms with Crippen molar-refractivity contribution in [2.75, 3.05) is 11.9 Å². The summed E-state index contributed by atoms with van der Waals surface area (Å²) >= 11 is 7.06. The number of alkyl halides is 1. The Labute approximate surface area is 121 Å². The number of nitrogens with zero attached hydrogens (tertiary/aromatic N) is 1. The zero-order chi connectivity index (χ0) is 12.1. The van der Waals surface area contributed by atoms with E-state index in [0.717, 1.165) is 22.4 Å². The van der Waals surface area contributed by atoms with E-state index < -0.39 is 0 Å². The molecular weight excluding hydrogens is 342 g/mol. The van der Waals surface area contributed by atoms with Gasteiger partial charge >= 0.3 is 0 Å². The molecule has 0 bridgehead atoms. The van der Waals surface area contributed by atoms with Gasteiger partial charge in [0.25, 0.3) is 0 Å². The third-order valence-corrected chi connectivity index (χ3v) is 4.48. The fourth-order valence-corrected chi connectivity index (χ4v) is 3.34. The Kier molecular flexibility index (Phi) is 5.51. The molecule has 1 aliphatic heterocycles. The standard InChI is InChI=1S/C14H19Br2N/c15-9-8-14-3-1-2-10-17(14)11-12-4-6-13(16)7-5-12/h4-7,14H,1-3,8-11H2. The summed E-state index contributed by atoms with van der Waals surface area (Å²) in [7, 11) is 0. The number of halogens is 2. The summed E-state index contributed by atoms with van der Waals surface area (Å²) in [5.41, 5.74) is 1.43. The third-order valence-electron chi connectivity index (χ3n) is 3.49. The number of rotatable bonds is 4. The molecule has 0 saturated carbocycles. The van der Waals surface area contributed by atoms with Crippen LogP contribution in [0.1, 0.15) is 31.2 Å². The summed E-state index contributed by atoms with van der Waals surface area (Å²) in [6.45, 7) is 2.36. The molecule has 0 amide bonds. The summed E-state index contributed by atoms with van der Waals surface area (Å²) < 4.78 is 1.16. The van der Waals surface area contributed by atoms with Gasteiger partial charge in [-0.15, -0.1) is 0 Å². The van der Waals surface area contributed by atoms with Crippen LogP contribution in [-0.4, -0.2) is 22.8 Å². The summed E-state index contributed by atoms with van der Waals surface area (Å²) in [4.78, 5) is 2.65. The lowest BCUT2D eigenvalue weighted by molar-refractivity contribution is 0.137. The van der Waals surface area contributed by atoms with Crippen molar-refractivity contribution in [2.45, 2.75) is 38.3 Å². The van der Waals surface area contributed by atoms with Crippen LogP contribution in [0.15, 0.2) is 28.7 Å². The van der Waals surface area contributed by atoms with Crippen molar-refractivity contribution >= 4 is 31.9 Å². The highest BCUT2D eigenvalue weighted by atomic mass is 79.9. The van der Waals surface area contributed by atoms with E-state index in [9.17, 15) is 0 Å². The molecule has 1 nitrogen and oxygen atoms in total. The second-order valence-corrected chi connectivity index (χ2v) is 6.43. The van der Waals surface area contributed by atoms with Gasteiger partial charge in [0, 0.05) is 22.4 Å². The van der Waals surface area contributed by atoms with Crippen molar-refractivity contribution < 1.29 is 0 Å². The van der Waals surface area contributed by atoms with Gasteiger partial charge < -0.3 is 0 Å². The number of piperidine rings is 1. The second kappa shape index (κ2) is 6.91. The molecule has 0 aliphatic carbocycles. The summed E-state index contributed by atoms with van der Waals surface area (Å²) in [5, 5.41) is 1.12. The van der Waals surface area contributed by atoms with E-state index in [1.54, 1.807) is 0 Å². The fraction of sp³-hybridized carbons (Fsp3) is 0.571. The first kappa shape index (κ1) is 13.6. The van der Waals surface area contributed by atoms with Crippen LogP contribution in [0.4, 0.5) is 0 Å². The van der Waals surface area contributed by atoms with Crippen molar-refractivity contribution in [1.29, 1.82) is 0 Å². The maximum absolute atomic E-state index is 3.57. The van der Waals surface area contributed by atoms with Crippen LogP contribution in [0.25, 0.3) is 0 Å². The maximum atomic E-state index is 3.57.